The molecule has 3 aromatic carbocycles. The van der Waals surface area contributed by atoms with Gasteiger partial charge in [0.15, 0.2) is 11.5 Å². The molecule has 10 heteroatoms. The Morgan fingerprint density at radius 2 is 1.54 bits per heavy atom. The zero-order chi connectivity index (χ0) is 27.0. The van der Waals surface area contributed by atoms with E-state index in [1.54, 1.807) is 55.6 Å². The topological polar surface area (TPSA) is 103 Å². The second kappa shape index (κ2) is 12.4. The maximum absolute atomic E-state index is 13.6. The Morgan fingerprint density at radius 3 is 2.16 bits per heavy atom. The number of rotatable bonds is 12. The number of methoxy groups -OCH3 is 3. The van der Waals surface area contributed by atoms with Crippen LogP contribution in [0.1, 0.15) is 19.4 Å². The van der Waals surface area contributed by atoms with Crippen LogP contribution >= 0.6 is 0 Å². The van der Waals surface area contributed by atoms with Gasteiger partial charge in [-0.15, -0.1) is 0 Å². The molecule has 37 heavy (non-hydrogen) atoms. The van der Waals surface area contributed by atoms with Crippen LogP contribution in [-0.4, -0.2) is 48.3 Å². The minimum Gasteiger partial charge on any atom is -0.497 e. The number of para-hydroxylation sites is 2. The van der Waals surface area contributed by atoms with Crippen molar-refractivity contribution in [1.29, 1.82) is 0 Å². The molecule has 3 aromatic rings. The number of anilines is 1. The predicted molar refractivity (Wildman–Crippen MR) is 141 cm³/mol. The molecule has 0 aliphatic heterocycles. The van der Waals surface area contributed by atoms with Gasteiger partial charge < -0.3 is 24.3 Å². The van der Waals surface area contributed by atoms with E-state index in [1.807, 2.05) is 19.9 Å². The van der Waals surface area contributed by atoms with E-state index in [4.69, 9.17) is 18.9 Å². The van der Waals surface area contributed by atoms with Crippen molar-refractivity contribution in [3.05, 3.63) is 72.3 Å². The normalized spacial score (nSPS) is 11.1. The lowest BCUT2D eigenvalue weighted by Gasteiger charge is -2.25. The Hall–Kier alpha value is -3.92. The number of nitrogens with one attached hydrogen (secondary N) is 1. The summed E-state index contributed by atoms with van der Waals surface area (Å²) in [7, 11) is 0.362. The Morgan fingerprint density at radius 1 is 0.865 bits per heavy atom. The van der Waals surface area contributed by atoms with Crippen LogP contribution in [0.15, 0.2) is 71.6 Å². The van der Waals surface area contributed by atoms with Crippen LogP contribution in [0.3, 0.4) is 0 Å². The smallest absolute Gasteiger partial charge is 0.264 e. The van der Waals surface area contributed by atoms with Crippen LogP contribution < -0.4 is 28.6 Å². The van der Waals surface area contributed by atoms with Crippen LogP contribution in [0.5, 0.6) is 23.0 Å². The fourth-order valence-corrected chi connectivity index (χ4v) is 5.00. The first kappa shape index (κ1) is 27.7. The molecule has 0 spiro atoms. The molecule has 0 radical (unpaired) electrons. The number of hydrogen-bond acceptors (Lipinski definition) is 7. The van der Waals surface area contributed by atoms with Crippen LogP contribution in [0, 0.1) is 0 Å². The maximum Gasteiger partial charge on any atom is 0.264 e. The molecular formula is C27H32N2O7S. The molecule has 0 saturated heterocycles. The van der Waals surface area contributed by atoms with E-state index >= 15 is 0 Å². The van der Waals surface area contributed by atoms with Gasteiger partial charge in [-0.3, -0.25) is 9.10 Å². The third kappa shape index (κ3) is 6.85. The van der Waals surface area contributed by atoms with Gasteiger partial charge in [-0.05, 0) is 67.9 Å². The average Bonchev–Trinajstić information content (AvgIpc) is 2.90. The fraction of sp³-hybridized carbons (Fsp3) is 0.296. The van der Waals surface area contributed by atoms with Crippen LogP contribution in [0.25, 0.3) is 0 Å². The minimum atomic E-state index is -4.12. The Balaban J connectivity index is 1.85. The monoisotopic (exact) mass is 528 g/mol. The molecule has 198 valence electrons. The molecule has 0 heterocycles. The fourth-order valence-electron chi connectivity index (χ4n) is 3.57. The highest BCUT2D eigenvalue weighted by Gasteiger charge is 2.29. The molecule has 0 saturated carbocycles. The molecule has 0 bridgehead atoms. The molecule has 1 N–H and O–H groups in total. The van der Waals surface area contributed by atoms with E-state index in [0.717, 1.165) is 9.87 Å². The van der Waals surface area contributed by atoms with Crippen molar-refractivity contribution in [2.24, 2.45) is 0 Å². The molecule has 0 aliphatic carbocycles. The summed E-state index contributed by atoms with van der Waals surface area (Å²) in [5, 5.41) is 2.79. The highest BCUT2D eigenvalue weighted by Crippen LogP contribution is 2.33. The summed E-state index contributed by atoms with van der Waals surface area (Å²) >= 11 is 0. The van der Waals surface area contributed by atoms with Gasteiger partial charge in [-0.2, -0.15) is 0 Å². The number of carbonyl (C=O) groups excluding carboxylic acids is 1. The summed E-state index contributed by atoms with van der Waals surface area (Å²) in [6.07, 6.45) is -0.0203. The first-order chi connectivity index (χ1) is 17.7. The van der Waals surface area contributed by atoms with Gasteiger partial charge in [0, 0.05) is 6.54 Å². The van der Waals surface area contributed by atoms with Crippen molar-refractivity contribution in [1.82, 2.24) is 5.32 Å². The molecule has 0 unspecified atom stereocenters. The first-order valence-corrected chi connectivity index (χ1v) is 13.0. The largest absolute Gasteiger partial charge is 0.497 e. The highest BCUT2D eigenvalue weighted by atomic mass is 32.2. The lowest BCUT2D eigenvalue weighted by molar-refractivity contribution is -0.119. The van der Waals surface area contributed by atoms with Gasteiger partial charge in [-0.1, -0.05) is 18.2 Å². The van der Waals surface area contributed by atoms with Gasteiger partial charge in [0.2, 0.25) is 5.91 Å². The summed E-state index contributed by atoms with van der Waals surface area (Å²) in [6, 6.07) is 17.9. The Labute approximate surface area is 218 Å². The predicted octanol–water partition coefficient (Wildman–Crippen LogP) is 4.01. The molecule has 9 nitrogen and oxygen atoms in total. The van der Waals surface area contributed by atoms with E-state index < -0.39 is 22.5 Å². The van der Waals surface area contributed by atoms with Gasteiger partial charge in [0.05, 0.1) is 38.0 Å². The van der Waals surface area contributed by atoms with Gasteiger partial charge in [0.1, 0.15) is 18.0 Å². The summed E-state index contributed by atoms with van der Waals surface area (Å²) < 4.78 is 50.0. The number of amides is 1. The quantitative estimate of drug-likeness (QED) is 0.379. The Bertz CT molecular complexity index is 1310. The van der Waals surface area contributed by atoms with Crippen molar-refractivity contribution in [2.75, 3.05) is 32.2 Å². The number of nitrogens with zero attached hydrogens (tertiary/aromatic N) is 1. The van der Waals surface area contributed by atoms with Crippen molar-refractivity contribution in [2.45, 2.75) is 31.4 Å². The molecular weight excluding hydrogens is 496 g/mol. The first-order valence-electron chi connectivity index (χ1n) is 11.6. The lowest BCUT2D eigenvalue weighted by Crippen LogP contribution is -2.40. The number of ether oxygens (including phenoxy) is 4. The van der Waals surface area contributed by atoms with E-state index in [1.165, 1.54) is 26.4 Å². The van der Waals surface area contributed by atoms with Crippen LogP contribution in [-0.2, 0) is 21.4 Å². The van der Waals surface area contributed by atoms with E-state index in [2.05, 4.69) is 5.32 Å². The second-order valence-corrected chi connectivity index (χ2v) is 10.1. The summed E-state index contributed by atoms with van der Waals surface area (Å²) in [4.78, 5) is 13.0. The summed E-state index contributed by atoms with van der Waals surface area (Å²) in [5.74, 6) is 1.47. The molecule has 0 aromatic heterocycles. The molecule has 0 fully saturated rings. The van der Waals surface area contributed by atoms with E-state index in [9.17, 15) is 13.2 Å². The molecule has 0 atom stereocenters. The Kier molecular flexibility index (Phi) is 9.24. The average molecular weight is 529 g/mol. The van der Waals surface area contributed by atoms with Crippen molar-refractivity contribution in [3.63, 3.8) is 0 Å². The van der Waals surface area contributed by atoms with Gasteiger partial charge in [-0.25, -0.2) is 8.42 Å². The maximum atomic E-state index is 13.6. The third-order valence-electron chi connectivity index (χ3n) is 5.37. The standard InChI is InChI=1S/C27H32N2O7S/c1-19(2)36-25-15-10-20(16-26(25)35-5)17-28-27(30)18-29(23-8-6-7-9-24(23)34-4)37(31,32)22-13-11-21(33-3)12-14-22/h6-16,19H,17-18H2,1-5H3,(H,28,30). The molecule has 0 aliphatic rings. The minimum absolute atomic E-state index is 0.0116. The summed E-state index contributed by atoms with van der Waals surface area (Å²) in [5.41, 5.74) is 1.01. The molecule has 3 rings (SSSR count). The molecule has 1 amide bonds. The number of carbonyl (C=O) groups is 1. The number of benzene rings is 3. The second-order valence-electron chi connectivity index (χ2n) is 8.29. The SMILES string of the molecule is COc1ccc(S(=O)(=O)N(CC(=O)NCc2ccc(OC(C)C)c(OC)c2)c2ccccc2OC)cc1. The van der Waals surface area contributed by atoms with Crippen molar-refractivity contribution in [3.8, 4) is 23.0 Å². The number of sulfonamides is 1. The van der Waals surface area contributed by atoms with Crippen LogP contribution in [0.4, 0.5) is 5.69 Å². The van der Waals surface area contributed by atoms with Crippen molar-refractivity contribution >= 4 is 21.6 Å². The summed E-state index contributed by atoms with van der Waals surface area (Å²) in [6.45, 7) is 3.54. The zero-order valence-corrected chi connectivity index (χ0v) is 22.4. The third-order valence-corrected chi connectivity index (χ3v) is 7.14. The van der Waals surface area contributed by atoms with Crippen LogP contribution in [0.2, 0.25) is 0 Å². The highest BCUT2D eigenvalue weighted by molar-refractivity contribution is 7.92. The van der Waals surface area contributed by atoms with Gasteiger partial charge >= 0.3 is 0 Å². The van der Waals surface area contributed by atoms with Crippen molar-refractivity contribution < 1.29 is 32.2 Å². The zero-order valence-electron chi connectivity index (χ0n) is 21.6. The van der Waals surface area contributed by atoms with E-state index in [0.29, 0.717) is 23.0 Å². The van der Waals surface area contributed by atoms with E-state index in [-0.39, 0.29) is 23.2 Å². The number of hydrogen-bond donors (Lipinski definition) is 1. The lowest BCUT2D eigenvalue weighted by atomic mass is 10.2. The van der Waals surface area contributed by atoms with Gasteiger partial charge in [0.25, 0.3) is 10.0 Å².